The van der Waals surface area contributed by atoms with Gasteiger partial charge in [-0.1, -0.05) is 18.2 Å². The van der Waals surface area contributed by atoms with Gasteiger partial charge in [-0.25, -0.2) is 0 Å². The molecule has 0 bridgehead atoms. The number of halogens is 1. The highest BCUT2D eigenvalue weighted by atomic mass is 35.5. The highest BCUT2D eigenvalue weighted by Crippen LogP contribution is 2.04. The third-order valence-corrected chi connectivity index (χ3v) is 1.10. The monoisotopic (exact) mass is 144 g/mol. The fourth-order valence-corrected chi connectivity index (χ4v) is 0.627. The largest absolute Gasteiger partial charge is 0.344 e. The molecule has 0 heterocycles. The van der Waals surface area contributed by atoms with Crippen molar-refractivity contribution >= 4 is 17.5 Å². The Labute approximate surface area is 59.5 Å². The molecule has 0 radical (unpaired) electrons. The Morgan fingerprint density at radius 3 is 2.00 bits per heavy atom. The zero-order valence-corrected chi connectivity index (χ0v) is 5.73. The van der Waals surface area contributed by atoms with E-state index in [1.807, 2.05) is 30.3 Å². The number of para-hydroxylation sites is 1. The number of benzene rings is 1. The van der Waals surface area contributed by atoms with Gasteiger partial charge in [-0.2, -0.15) is 0 Å². The fourth-order valence-electron chi connectivity index (χ4n) is 0.501. The predicted molar refractivity (Wildman–Crippen MR) is 40.9 cm³/mol. The molecule has 3 heteroatoms. The van der Waals surface area contributed by atoms with E-state index in [1.54, 1.807) is 0 Å². The first-order chi connectivity index (χ1) is 3.93. The summed E-state index contributed by atoms with van der Waals surface area (Å²) in [4.78, 5) is 2.50. The van der Waals surface area contributed by atoms with Crippen LogP contribution in [0.25, 0.3) is 0 Å². The second-order valence-corrected chi connectivity index (χ2v) is 1.65. The standard InChI is InChI=1S/C6H6ClN.H3N/c7-8-6-4-2-1-3-5-6;/h1-5,8H;1H3. The van der Waals surface area contributed by atoms with Crippen LogP contribution in [0.4, 0.5) is 5.69 Å². The summed E-state index contributed by atoms with van der Waals surface area (Å²) in [5.74, 6) is 0. The molecule has 0 aliphatic rings. The first-order valence-corrected chi connectivity index (χ1v) is 2.73. The first kappa shape index (κ1) is 8.27. The SMILES string of the molecule is ClNc1ccccc1.N. The smallest absolute Gasteiger partial charge is 0.0491 e. The first-order valence-electron chi connectivity index (χ1n) is 2.35. The number of hydrogen-bond donors (Lipinski definition) is 2. The van der Waals surface area contributed by atoms with E-state index in [0.29, 0.717) is 0 Å². The molecule has 0 saturated carbocycles. The lowest BCUT2D eigenvalue weighted by Crippen LogP contribution is -1.75. The van der Waals surface area contributed by atoms with Crippen molar-refractivity contribution in [2.75, 3.05) is 4.84 Å². The molecule has 0 atom stereocenters. The van der Waals surface area contributed by atoms with Crippen molar-refractivity contribution in [2.24, 2.45) is 0 Å². The van der Waals surface area contributed by atoms with Crippen LogP contribution in [0.3, 0.4) is 0 Å². The molecule has 4 N–H and O–H groups in total. The van der Waals surface area contributed by atoms with Gasteiger partial charge in [-0.15, -0.1) is 0 Å². The molecule has 1 aromatic rings. The van der Waals surface area contributed by atoms with Crippen LogP contribution in [-0.4, -0.2) is 0 Å². The minimum absolute atomic E-state index is 0. The van der Waals surface area contributed by atoms with Crippen LogP contribution in [0.5, 0.6) is 0 Å². The quantitative estimate of drug-likeness (QED) is 0.595. The minimum Gasteiger partial charge on any atom is -0.344 e. The maximum absolute atomic E-state index is 5.28. The Morgan fingerprint density at radius 2 is 1.67 bits per heavy atom. The van der Waals surface area contributed by atoms with Crippen LogP contribution in [0.15, 0.2) is 30.3 Å². The molecule has 9 heavy (non-hydrogen) atoms. The van der Waals surface area contributed by atoms with Crippen LogP contribution in [0.2, 0.25) is 0 Å². The van der Waals surface area contributed by atoms with Gasteiger partial charge < -0.3 is 6.15 Å². The molecule has 0 unspecified atom stereocenters. The average Bonchev–Trinajstić information content (AvgIpc) is 1.90. The van der Waals surface area contributed by atoms with Gasteiger partial charge >= 0.3 is 0 Å². The van der Waals surface area contributed by atoms with E-state index >= 15 is 0 Å². The van der Waals surface area contributed by atoms with Gasteiger partial charge in [0.25, 0.3) is 0 Å². The lowest BCUT2D eigenvalue weighted by atomic mass is 10.3. The summed E-state index contributed by atoms with van der Waals surface area (Å²) < 4.78 is 0. The van der Waals surface area contributed by atoms with Crippen LogP contribution < -0.4 is 11.0 Å². The van der Waals surface area contributed by atoms with E-state index in [9.17, 15) is 0 Å². The highest BCUT2D eigenvalue weighted by Gasteiger charge is 1.79. The van der Waals surface area contributed by atoms with Crippen molar-refractivity contribution in [3.8, 4) is 0 Å². The summed E-state index contributed by atoms with van der Waals surface area (Å²) in [7, 11) is 0. The van der Waals surface area contributed by atoms with Crippen molar-refractivity contribution in [1.82, 2.24) is 6.15 Å². The molecule has 0 aliphatic carbocycles. The van der Waals surface area contributed by atoms with Gasteiger partial charge in [0.2, 0.25) is 0 Å². The molecule has 0 amide bonds. The molecule has 1 aromatic carbocycles. The van der Waals surface area contributed by atoms with E-state index in [-0.39, 0.29) is 6.15 Å². The third kappa shape index (κ3) is 2.35. The van der Waals surface area contributed by atoms with Crippen LogP contribution in [0, 0.1) is 0 Å². The van der Waals surface area contributed by atoms with Crippen molar-refractivity contribution in [3.05, 3.63) is 30.3 Å². The molecule has 1 rings (SSSR count). The zero-order valence-electron chi connectivity index (χ0n) is 4.97. The topological polar surface area (TPSA) is 47.0 Å². The number of hydrogen-bond acceptors (Lipinski definition) is 2. The van der Waals surface area contributed by atoms with E-state index in [2.05, 4.69) is 4.84 Å². The summed E-state index contributed by atoms with van der Waals surface area (Å²) in [5.41, 5.74) is 0.925. The summed E-state index contributed by atoms with van der Waals surface area (Å²) >= 11 is 5.28. The number of anilines is 1. The Hall–Kier alpha value is -0.730. The van der Waals surface area contributed by atoms with Gasteiger partial charge in [0.05, 0.1) is 0 Å². The second kappa shape index (κ2) is 4.18. The van der Waals surface area contributed by atoms with Gasteiger partial charge in [0.1, 0.15) is 0 Å². The third-order valence-electron chi connectivity index (χ3n) is 0.883. The van der Waals surface area contributed by atoms with E-state index in [4.69, 9.17) is 11.8 Å². The maximum atomic E-state index is 5.28. The summed E-state index contributed by atoms with van der Waals surface area (Å²) in [6.45, 7) is 0. The predicted octanol–water partition coefficient (Wildman–Crippen LogP) is 2.41. The van der Waals surface area contributed by atoms with Gasteiger partial charge in [0, 0.05) is 17.5 Å². The second-order valence-electron chi connectivity index (χ2n) is 1.46. The van der Waals surface area contributed by atoms with Crippen LogP contribution >= 0.6 is 11.8 Å². The van der Waals surface area contributed by atoms with Crippen LogP contribution in [0.1, 0.15) is 0 Å². The Bertz CT molecular complexity index is 152. The molecule has 50 valence electrons. The maximum Gasteiger partial charge on any atom is 0.0491 e. The van der Waals surface area contributed by atoms with Gasteiger partial charge in [-0.3, -0.25) is 4.84 Å². The highest BCUT2D eigenvalue weighted by molar-refractivity contribution is 6.23. The van der Waals surface area contributed by atoms with Crippen molar-refractivity contribution in [1.29, 1.82) is 0 Å². The molecule has 0 saturated heterocycles. The van der Waals surface area contributed by atoms with Crippen molar-refractivity contribution < 1.29 is 0 Å². The molecule has 0 fully saturated rings. The number of rotatable bonds is 1. The fraction of sp³-hybridized carbons (Fsp3) is 0. The molecule has 2 nitrogen and oxygen atoms in total. The summed E-state index contributed by atoms with van der Waals surface area (Å²) in [5, 5.41) is 0. The van der Waals surface area contributed by atoms with Gasteiger partial charge in [-0.05, 0) is 12.1 Å². The number of nitrogens with one attached hydrogen (secondary N) is 1. The lowest BCUT2D eigenvalue weighted by Gasteiger charge is -1.91. The minimum atomic E-state index is 0. The normalized spacial score (nSPS) is 7.67. The van der Waals surface area contributed by atoms with E-state index in [1.165, 1.54) is 0 Å². The van der Waals surface area contributed by atoms with Gasteiger partial charge in [0.15, 0.2) is 0 Å². The molecule has 0 spiro atoms. The van der Waals surface area contributed by atoms with E-state index in [0.717, 1.165) is 5.69 Å². The summed E-state index contributed by atoms with van der Waals surface area (Å²) in [6.07, 6.45) is 0. The molecular formula is C6H9ClN2. The Morgan fingerprint density at radius 1 is 1.11 bits per heavy atom. The van der Waals surface area contributed by atoms with Crippen molar-refractivity contribution in [2.45, 2.75) is 0 Å². The van der Waals surface area contributed by atoms with E-state index < -0.39 is 0 Å². The van der Waals surface area contributed by atoms with Crippen LogP contribution in [-0.2, 0) is 0 Å². The summed E-state index contributed by atoms with van der Waals surface area (Å²) in [6, 6.07) is 9.58. The lowest BCUT2D eigenvalue weighted by molar-refractivity contribution is 1.68. The average molecular weight is 145 g/mol. The molecule has 0 aliphatic heterocycles. The zero-order chi connectivity index (χ0) is 5.82. The van der Waals surface area contributed by atoms with Crippen molar-refractivity contribution in [3.63, 3.8) is 0 Å². The molecular weight excluding hydrogens is 136 g/mol. The Kier molecular flexibility index (Phi) is 3.84. The Balaban J connectivity index is 0.000000640. The molecule has 0 aromatic heterocycles.